The van der Waals surface area contributed by atoms with Crippen LogP contribution in [0.15, 0.2) is 29.3 Å². The van der Waals surface area contributed by atoms with Crippen molar-refractivity contribution in [1.29, 1.82) is 0 Å². The summed E-state index contributed by atoms with van der Waals surface area (Å²) in [5.41, 5.74) is 1.16. The van der Waals surface area contributed by atoms with Gasteiger partial charge in [-0.15, -0.1) is 0 Å². The zero-order chi connectivity index (χ0) is 13.7. The van der Waals surface area contributed by atoms with Crippen molar-refractivity contribution in [3.05, 3.63) is 29.8 Å². The van der Waals surface area contributed by atoms with Crippen LogP contribution in [-0.4, -0.2) is 39.4 Å². The molecule has 0 saturated carbocycles. The van der Waals surface area contributed by atoms with Crippen LogP contribution in [0, 0.1) is 0 Å². The van der Waals surface area contributed by atoms with Crippen LogP contribution in [0.25, 0.3) is 0 Å². The van der Waals surface area contributed by atoms with Crippen LogP contribution in [0.5, 0.6) is 5.75 Å². The minimum absolute atomic E-state index is 0.262. The number of amides is 1. The third-order valence-electron chi connectivity index (χ3n) is 2.96. The van der Waals surface area contributed by atoms with E-state index in [0.29, 0.717) is 19.0 Å². The number of guanidine groups is 1. The maximum atomic E-state index is 11.0. The summed E-state index contributed by atoms with van der Waals surface area (Å²) in [5.74, 6) is 1.55. The molecule has 1 aliphatic rings. The van der Waals surface area contributed by atoms with E-state index < -0.39 is 6.09 Å². The van der Waals surface area contributed by atoms with Gasteiger partial charge in [0, 0.05) is 12.5 Å². The lowest BCUT2D eigenvalue weighted by Crippen LogP contribution is -2.45. The van der Waals surface area contributed by atoms with E-state index in [0.717, 1.165) is 11.3 Å². The van der Waals surface area contributed by atoms with Crippen molar-refractivity contribution in [2.24, 2.45) is 4.99 Å². The summed E-state index contributed by atoms with van der Waals surface area (Å²) in [6.45, 7) is 1.31. The van der Waals surface area contributed by atoms with Crippen LogP contribution in [0.2, 0.25) is 0 Å². The number of ether oxygens (including phenoxy) is 2. The maximum absolute atomic E-state index is 11.0. The van der Waals surface area contributed by atoms with Crippen molar-refractivity contribution in [3.8, 4) is 5.75 Å². The molecular weight excluding hydrogens is 246 g/mol. The molecule has 0 fully saturated rings. The molecule has 0 spiro atoms. The van der Waals surface area contributed by atoms with Gasteiger partial charge in [0.15, 0.2) is 0 Å². The van der Waals surface area contributed by atoms with Gasteiger partial charge in [-0.2, -0.15) is 0 Å². The minimum atomic E-state index is -0.522. The Bertz CT molecular complexity index is 488. The number of carbonyl (C=O) groups excluding carboxylic acids is 1. The van der Waals surface area contributed by atoms with Gasteiger partial charge in [0.25, 0.3) is 0 Å². The van der Waals surface area contributed by atoms with E-state index in [1.54, 1.807) is 7.11 Å². The van der Waals surface area contributed by atoms with E-state index in [4.69, 9.17) is 4.74 Å². The Balaban J connectivity index is 2.00. The summed E-state index contributed by atoms with van der Waals surface area (Å²) in [7, 11) is 2.96. The summed E-state index contributed by atoms with van der Waals surface area (Å²) in [5, 5.41) is 5.58. The Hall–Kier alpha value is -2.24. The van der Waals surface area contributed by atoms with E-state index >= 15 is 0 Å². The van der Waals surface area contributed by atoms with Crippen LogP contribution in [0.4, 0.5) is 4.79 Å². The highest BCUT2D eigenvalue weighted by Crippen LogP contribution is 2.22. The predicted octanol–water partition coefficient (Wildman–Crippen LogP) is 1.09. The molecule has 1 unspecified atom stereocenters. The number of carbonyl (C=O) groups is 1. The molecule has 0 bridgehead atoms. The molecule has 6 nitrogen and oxygen atoms in total. The van der Waals surface area contributed by atoms with E-state index in [2.05, 4.69) is 20.4 Å². The van der Waals surface area contributed by atoms with Crippen LogP contribution in [0.3, 0.4) is 0 Å². The first-order valence-electron chi connectivity index (χ1n) is 6.00. The van der Waals surface area contributed by atoms with Gasteiger partial charge in [-0.05, 0) is 17.7 Å². The second kappa shape index (κ2) is 6.08. The van der Waals surface area contributed by atoms with Gasteiger partial charge in [0.2, 0.25) is 5.96 Å². The van der Waals surface area contributed by atoms with Crippen molar-refractivity contribution < 1.29 is 14.3 Å². The SMILES string of the molecule is COC(=O)NC1=NCC(c2cccc(OC)c2)CN1. The summed E-state index contributed by atoms with van der Waals surface area (Å²) >= 11 is 0. The van der Waals surface area contributed by atoms with Gasteiger partial charge in [0.1, 0.15) is 5.75 Å². The monoisotopic (exact) mass is 263 g/mol. The zero-order valence-electron chi connectivity index (χ0n) is 11.0. The molecule has 0 radical (unpaired) electrons. The highest BCUT2D eigenvalue weighted by molar-refractivity contribution is 5.94. The molecule has 19 heavy (non-hydrogen) atoms. The van der Waals surface area contributed by atoms with Crippen LogP contribution >= 0.6 is 0 Å². The normalized spacial score (nSPS) is 18.0. The lowest BCUT2D eigenvalue weighted by molar-refractivity contribution is 0.176. The molecule has 2 rings (SSSR count). The number of rotatable bonds is 2. The van der Waals surface area contributed by atoms with Crippen molar-refractivity contribution >= 4 is 12.1 Å². The number of methoxy groups -OCH3 is 2. The first-order valence-corrected chi connectivity index (χ1v) is 6.00. The molecule has 2 N–H and O–H groups in total. The largest absolute Gasteiger partial charge is 0.497 e. The van der Waals surface area contributed by atoms with Crippen molar-refractivity contribution in [2.75, 3.05) is 27.3 Å². The topological polar surface area (TPSA) is 72.0 Å². The molecule has 1 aromatic carbocycles. The minimum Gasteiger partial charge on any atom is -0.497 e. The van der Waals surface area contributed by atoms with Gasteiger partial charge >= 0.3 is 6.09 Å². The molecule has 0 aliphatic carbocycles. The number of aliphatic imine (C=N–C) groups is 1. The van der Waals surface area contributed by atoms with E-state index in [1.807, 2.05) is 24.3 Å². The predicted molar refractivity (Wildman–Crippen MR) is 71.6 cm³/mol. The van der Waals surface area contributed by atoms with Crippen LogP contribution < -0.4 is 15.4 Å². The van der Waals surface area contributed by atoms with Crippen molar-refractivity contribution in [1.82, 2.24) is 10.6 Å². The lowest BCUT2D eigenvalue weighted by atomic mass is 9.98. The Morgan fingerprint density at radius 1 is 1.47 bits per heavy atom. The van der Waals surface area contributed by atoms with Gasteiger partial charge in [0.05, 0.1) is 20.8 Å². The number of alkyl carbamates (subject to hydrolysis) is 1. The lowest BCUT2D eigenvalue weighted by Gasteiger charge is -2.23. The van der Waals surface area contributed by atoms with Gasteiger partial charge in [-0.3, -0.25) is 10.3 Å². The average molecular weight is 263 g/mol. The van der Waals surface area contributed by atoms with E-state index in [-0.39, 0.29) is 5.92 Å². The van der Waals surface area contributed by atoms with Gasteiger partial charge in [-0.25, -0.2) is 4.79 Å². The van der Waals surface area contributed by atoms with Crippen LogP contribution in [-0.2, 0) is 4.74 Å². The molecule has 1 amide bonds. The quantitative estimate of drug-likeness (QED) is 0.838. The molecule has 6 heteroatoms. The summed E-state index contributed by atoms with van der Waals surface area (Å²) in [6.07, 6.45) is -0.522. The van der Waals surface area contributed by atoms with Gasteiger partial charge < -0.3 is 14.8 Å². The summed E-state index contributed by atoms with van der Waals surface area (Å²) in [4.78, 5) is 15.3. The van der Waals surface area contributed by atoms with Crippen molar-refractivity contribution in [3.63, 3.8) is 0 Å². The molecule has 1 aliphatic heterocycles. The molecular formula is C13H17N3O3. The second-order valence-electron chi connectivity index (χ2n) is 4.16. The highest BCUT2D eigenvalue weighted by Gasteiger charge is 2.18. The summed E-state index contributed by atoms with van der Waals surface area (Å²) < 4.78 is 9.71. The smallest absolute Gasteiger partial charge is 0.413 e. The second-order valence-corrected chi connectivity index (χ2v) is 4.16. The zero-order valence-corrected chi connectivity index (χ0v) is 11.0. The Morgan fingerprint density at radius 3 is 2.95 bits per heavy atom. The fourth-order valence-corrected chi connectivity index (χ4v) is 1.89. The first-order chi connectivity index (χ1) is 9.22. The molecule has 1 aromatic rings. The van der Waals surface area contributed by atoms with Crippen LogP contribution in [0.1, 0.15) is 11.5 Å². The Kier molecular flexibility index (Phi) is 4.22. The molecule has 0 saturated heterocycles. The molecule has 1 heterocycles. The molecule has 1 atom stereocenters. The Morgan fingerprint density at radius 2 is 2.32 bits per heavy atom. The third kappa shape index (κ3) is 3.37. The van der Waals surface area contributed by atoms with E-state index in [9.17, 15) is 4.79 Å². The third-order valence-corrected chi connectivity index (χ3v) is 2.96. The standard InChI is InChI=1S/C13H17N3O3/c1-18-11-5-3-4-9(6-11)10-7-14-12(15-8-10)16-13(17)19-2/h3-6,10H,7-8H2,1-2H3,(H2,14,15,16,17). The average Bonchev–Trinajstić information content (AvgIpc) is 2.48. The van der Waals surface area contributed by atoms with E-state index in [1.165, 1.54) is 7.11 Å². The number of benzene rings is 1. The fraction of sp³-hybridized carbons (Fsp3) is 0.385. The first kappa shape index (κ1) is 13.2. The highest BCUT2D eigenvalue weighted by atomic mass is 16.5. The molecule has 102 valence electrons. The number of hydrogen-bond donors (Lipinski definition) is 2. The van der Waals surface area contributed by atoms with Crippen molar-refractivity contribution in [2.45, 2.75) is 5.92 Å². The Labute approximate surface area is 111 Å². The summed E-state index contributed by atoms with van der Waals surface area (Å²) in [6, 6.07) is 7.91. The number of nitrogens with one attached hydrogen (secondary N) is 2. The number of nitrogens with zero attached hydrogens (tertiary/aromatic N) is 1. The van der Waals surface area contributed by atoms with Gasteiger partial charge in [-0.1, -0.05) is 12.1 Å². The molecule has 0 aromatic heterocycles. The fourth-order valence-electron chi connectivity index (χ4n) is 1.89. The maximum Gasteiger partial charge on any atom is 0.413 e. The number of hydrogen-bond acceptors (Lipinski definition) is 5.